The number of nitrogens with zero attached hydrogens (tertiary/aromatic N) is 2. The lowest BCUT2D eigenvalue weighted by Crippen LogP contribution is -2.32. The van der Waals surface area contributed by atoms with Crippen LogP contribution in [0.2, 0.25) is 5.02 Å². The van der Waals surface area contributed by atoms with E-state index in [0.29, 0.717) is 22.9 Å². The van der Waals surface area contributed by atoms with Crippen LogP contribution in [0, 0.1) is 0 Å². The summed E-state index contributed by atoms with van der Waals surface area (Å²) in [7, 11) is 0. The SMILES string of the molecule is CCCN(CCC)C(=O)c1ccnc(NCc2ccccc2Cl)c1. The summed E-state index contributed by atoms with van der Waals surface area (Å²) in [5, 5.41) is 3.95. The van der Waals surface area contributed by atoms with Gasteiger partial charge in [0, 0.05) is 36.4 Å². The van der Waals surface area contributed by atoms with Crippen molar-refractivity contribution >= 4 is 23.3 Å². The fraction of sp³-hybridized carbons (Fsp3) is 0.368. The van der Waals surface area contributed by atoms with Crippen LogP contribution in [-0.4, -0.2) is 28.9 Å². The van der Waals surface area contributed by atoms with Gasteiger partial charge in [-0.2, -0.15) is 0 Å². The monoisotopic (exact) mass is 345 g/mol. The van der Waals surface area contributed by atoms with E-state index in [2.05, 4.69) is 24.1 Å². The minimum Gasteiger partial charge on any atom is -0.366 e. The first kappa shape index (κ1) is 18.3. The number of hydrogen-bond acceptors (Lipinski definition) is 3. The molecule has 1 aromatic heterocycles. The average molecular weight is 346 g/mol. The number of halogens is 1. The van der Waals surface area contributed by atoms with Crippen LogP contribution in [0.4, 0.5) is 5.82 Å². The molecule has 128 valence electrons. The molecule has 1 heterocycles. The van der Waals surface area contributed by atoms with Crippen LogP contribution in [0.1, 0.15) is 42.6 Å². The molecule has 1 N–H and O–H groups in total. The Kier molecular flexibility index (Phi) is 7.07. The number of pyridine rings is 1. The molecule has 4 nitrogen and oxygen atoms in total. The second-order valence-corrected chi connectivity index (χ2v) is 6.07. The third kappa shape index (κ3) is 4.96. The van der Waals surface area contributed by atoms with Gasteiger partial charge in [0.15, 0.2) is 0 Å². The normalized spacial score (nSPS) is 10.5. The molecule has 0 radical (unpaired) electrons. The molecule has 0 spiro atoms. The van der Waals surface area contributed by atoms with Crippen LogP contribution in [0.3, 0.4) is 0 Å². The van der Waals surface area contributed by atoms with Crippen LogP contribution >= 0.6 is 11.6 Å². The maximum Gasteiger partial charge on any atom is 0.254 e. The van der Waals surface area contributed by atoms with Crippen molar-refractivity contribution in [2.45, 2.75) is 33.2 Å². The average Bonchev–Trinajstić information content (AvgIpc) is 2.60. The molecule has 0 bridgehead atoms. The van der Waals surface area contributed by atoms with Crippen LogP contribution in [-0.2, 0) is 6.54 Å². The smallest absolute Gasteiger partial charge is 0.254 e. The van der Waals surface area contributed by atoms with Crippen LogP contribution in [0.15, 0.2) is 42.6 Å². The number of carbonyl (C=O) groups excluding carboxylic acids is 1. The molecule has 0 saturated heterocycles. The van der Waals surface area contributed by atoms with Crippen LogP contribution in [0.25, 0.3) is 0 Å². The third-order valence-corrected chi connectivity index (χ3v) is 4.07. The van der Waals surface area contributed by atoms with Gasteiger partial charge in [-0.25, -0.2) is 4.98 Å². The number of hydrogen-bond donors (Lipinski definition) is 1. The van der Waals surface area contributed by atoms with Gasteiger partial charge in [0.25, 0.3) is 5.91 Å². The van der Waals surface area contributed by atoms with Crippen molar-refractivity contribution in [3.8, 4) is 0 Å². The summed E-state index contributed by atoms with van der Waals surface area (Å²) in [6.45, 7) is 6.28. The minimum atomic E-state index is 0.0573. The Labute approximate surface area is 148 Å². The van der Waals surface area contributed by atoms with Crippen molar-refractivity contribution in [3.05, 3.63) is 58.7 Å². The number of amides is 1. The van der Waals surface area contributed by atoms with E-state index in [1.54, 1.807) is 18.3 Å². The van der Waals surface area contributed by atoms with Gasteiger partial charge in [0.1, 0.15) is 5.82 Å². The lowest BCUT2D eigenvalue weighted by atomic mass is 10.2. The highest BCUT2D eigenvalue weighted by Crippen LogP contribution is 2.17. The van der Waals surface area contributed by atoms with Gasteiger partial charge in [0.2, 0.25) is 0 Å². The van der Waals surface area contributed by atoms with Crippen LogP contribution in [0.5, 0.6) is 0 Å². The largest absolute Gasteiger partial charge is 0.366 e. The Morgan fingerprint density at radius 3 is 2.54 bits per heavy atom. The fourth-order valence-corrected chi connectivity index (χ4v) is 2.73. The number of benzene rings is 1. The number of aromatic nitrogens is 1. The predicted molar refractivity (Wildman–Crippen MR) is 99.5 cm³/mol. The lowest BCUT2D eigenvalue weighted by molar-refractivity contribution is 0.0755. The first-order valence-electron chi connectivity index (χ1n) is 8.38. The minimum absolute atomic E-state index is 0.0573. The molecular weight excluding hydrogens is 322 g/mol. The van der Waals surface area contributed by atoms with Crippen LogP contribution < -0.4 is 5.32 Å². The zero-order valence-electron chi connectivity index (χ0n) is 14.3. The zero-order valence-corrected chi connectivity index (χ0v) is 15.0. The summed E-state index contributed by atoms with van der Waals surface area (Å²) >= 11 is 6.16. The molecule has 0 aliphatic carbocycles. The molecule has 0 atom stereocenters. The summed E-state index contributed by atoms with van der Waals surface area (Å²) in [4.78, 5) is 18.8. The van der Waals surface area contributed by atoms with Gasteiger partial charge < -0.3 is 10.2 Å². The molecule has 1 amide bonds. The number of anilines is 1. The van der Waals surface area contributed by atoms with Gasteiger partial charge in [0.05, 0.1) is 0 Å². The Morgan fingerprint density at radius 2 is 1.88 bits per heavy atom. The summed E-state index contributed by atoms with van der Waals surface area (Å²) < 4.78 is 0. The van der Waals surface area contributed by atoms with Crippen molar-refractivity contribution in [2.75, 3.05) is 18.4 Å². The summed E-state index contributed by atoms with van der Waals surface area (Å²) in [6.07, 6.45) is 3.57. The van der Waals surface area contributed by atoms with Gasteiger partial charge in [-0.15, -0.1) is 0 Å². The molecule has 0 unspecified atom stereocenters. The third-order valence-electron chi connectivity index (χ3n) is 3.70. The quantitative estimate of drug-likeness (QED) is 0.759. The Balaban J connectivity index is 2.07. The summed E-state index contributed by atoms with van der Waals surface area (Å²) in [5.74, 6) is 0.732. The second-order valence-electron chi connectivity index (χ2n) is 5.67. The van der Waals surface area contributed by atoms with Crippen molar-refractivity contribution in [2.24, 2.45) is 0 Å². The summed E-state index contributed by atoms with van der Waals surface area (Å²) in [6, 6.07) is 11.2. The Hall–Kier alpha value is -2.07. The van der Waals surface area contributed by atoms with E-state index in [9.17, 15) is 4.79 Å². The van der Waals surface area contributed by atoms with Crippen molar-refractivity contribution in [1.82, 2.24) is 9.88 Å². The molecule has 0 saturated carbocycles. The zero-order chi connectivity index (χ0) is 17.4. The molecule has 5 heteroatoms. The van der Waals surface area contributed by atoms with E-state index < -0.39 is 0 Å². The lowest BCUT2D eigenvalue weighted by Gasteiger charge is -2.21. The molecule has 1 aromatic carbocycles. The first-order valence-corrected chi connectivity index (χ1v) is 8.76. The number of carbonyl (C=O) groups is 1. The molecular formula is C19H24ClN3O. The van der Waals surface area contributed by atoms with E-state index in [4.69, 9.17) is 11.6 Å². The fourth-order valence-electron chi connectivity index (χ4n) is 2.53. The molecule has 24 heavy (non-hydrogen) atoms. The molecule has 0 fully saturated rings. The maximum atomic E-state index is 12.7. The maximum absolute atomic E-state index is 12.7. The van der Waals surface area contributed by atoms with E-state index in [1.807, 2.05) is 29.2 Å². The van der Waals surface area contributed by atoms with Gasteiger partial charge >= 0.3 is 0 Å². The first-order chi connectivity index (χ1) is 11.7. The van der Waals surface area contributed by atoms with Crippen molar-refractivity contribution < 1.29 is 4.79 Å². The molecule has 0 aliphatic rings. The molecule has 0 aliphatic heterocycles. The van der Waals surface area contributed by atoms with E-state index in [1.165, 1.54) is 0 Å². The van der Waals surface area contributed by atoms with Gasteiger partial charge in [-0.3, -0.25) is 4.79 Å². The highest BCUT2D eigenvalue weighted by Gasteiger charge is 2.14. The molecule has 2 rings (SSSR count). The Bertz CT molecular complexity index is 669. The van der Waals surface area contributed by atoms with Crippen molar-refractivity contribution in [3.63, 3.8) is 0 Å². The van der Waals surface area contributed by atoms with E-state index in [-0.39, 0.29) is 5.91 Å². The summed E-state index contributed by atoms with van der Waals surface area (Å²) in [5.41, 5.74) is 1.66. The van der Waals surface area contributed by atoms with E-state index >= 15 is 0 Å². The van der Waals surface area contributed by atoms with Crippen molar-refractivity contribution in [1.29, 1.82) is 0 Å². The second kappa shape index (κ2) is 9.28. The van der Waals surface area contributed by atoms with Gasteiger partial charge in [-0.1, -0.05) is 43.6 Å². The van der Waals surface area contributed by atoms with E-state index in [0.717, 1.165) is 31.5 Å². The predicted octanol–water partition coefficient (Wildman–Crippen LogP) is 4.61. The number of nitrogens with one attached hydrogen (secondary N) is 1. The molecule has 2 aromatic rings. The standard InChI is InChI=1S/C19H24ClN3O/c1-3-11-23(12-4-2)19(24)15-9-10-21-18(13-15)22-14-16-7-5-6-8-17(16)20/h5-10,13H,3-4,11-12,14H2,1-2H3,(H,21,22). The topological polar surface area (TPSA) is 45.2 Å². The highest BCUT2D eigenvalue weighted by molar-refractivity contribution is 6.31. The Morgan fingerprint density at radius 1 is 1.17 bits per heavy atom. The highest BCUT2D eigenvalue weighted by atomic mass is 35.5. The van der Waals surface area contributed by atoms with Gasteiger partial charge in [-0.05, 0) is 36.6 Å². The number of rotatable bonds is 8.